The van der Waals surface area contributed by atoms with Gasteiger partial charge < -0.3 is 155 Å². The topological polar surface area (TPSA) is 539 Å². The van der Waals surface area contributed by atoms with Crippen molar-refractivity contribution in [2.75, 3.05) is 39.6 Å². The normalized spacial score (nSPS) is 39.9. The van der Waals surface area contributed by atoms with Crippen LogP contribution in [0.15, 0.2) is 36.4 Å². The van der Waals surface area contributed by atoms with E-state index in [4.69, 9.17) is 56.8 Å². The van der Waals surface area contributed by atoms with Gasteiger partial charge in [-0.1, -0.05) is 44.4 Å². The third-order valence-electron chi connectivity index (χ3n) is 17.6. The minimum atomic E-state index is -2.07. The number of nitrogens with one attached hydrogen (secondary N) is 5. The van der Waals surface area contributed by atoms with E-state index in [1.807, 2.05) is 0 Å². The number of ether oxygens (including phenoxy) is 12. The molecule has 98 heavy (non-hydrogen) atoms. The van der Waals surface area contributed by atoms with Gasteiger partial charge >= 0.3 is 0 Å². The molecule has 7 rings (SSSR count). The van der Waals surface area contributed by atoms with Crippen LogP contribution in [0.1, 0.15) is 96.8 Å². The number of aliphatic hydroxyl groups excluding tert-OH is 14. The highest BCUT2D eigenvalue weighted by Crippen LogP contribution is 2.37. The Labute approximate surface area is 564 Å². The van der Waals surface area contributed by atoms with Gasteiger partial charge in [0.15, 0.2) is 37.7 Å². The van der Waals surface area contributed by atoms with Gasteiger partial charge in [-0.25, -0.2) is 0 Å². The van der Waals surface area contributed by atoms with Crippen molar-refractivity contribution >= 4 is 29.5 Å². The minimum Gasteiger partial charge on any atom is -0.494 e. The van der Waals surface area contributed by atoms with Gasteiger partial charge in [-0.05, 0) is 50.8 Å². The Morgan fingerprint density at radius 3 is 1.34 bits per heavy atom. The molecule has 6 heterocycles. The Hall–Kier alpha value is -4.89. The number of amides is 5. The second kappa shape index (κ2) is 37.9. The molecule has 36 nitrogen and oxygen atoms in total. The standard InChI is InChI=1S/C62H99N5O31/c1-7-8-9-10-11-12-13-14-15-19-87-32-18-16-17-31(20-32)56(85)67-39-45(78)44(77)33(21-68)91-58(39)95-52-34(22-69)92-59(40(47(52)80)64-28(4)73)96-53-35(23-70)93-60(41(48(53)81)65-29(5)74)97-54-36(24-71)94-61(42(49(54)82)66-30(6)75)98-55-37(90-57(86)38(46(55)79)63-27(3)72)25-88-62-51(84)50(83)43(76)26(2)89-62/h12-13,16-18,20,26,33-55,57-62,68-71,76-84,86H,7-11,14-15,19,21-25H2,1-6H3,(H,63,72)(H,64,73)(H,65,74)(H,66,75)(H,67,85)/b13-12-/t26?,33?,34-,35?,36-,37?,38-,39-,40?,41-,42?,43?,44+,45+,46+,47?,48+,49?,50-,51+,52+,53?,54+,55?,57?,58?,59?,60-,61?,62+/m0/s1. The number of carbonyl (C=O) groups is 5. The Morgan fingerprint density at radius 2 is 0.878 bits per heavy atom. The van der Waals surface area contributed by atoms with Crippen LogP contribution in [0.4, 0.5) is 0 Å². The maximum Gasteiger partial charge on any atom is 0.251 e. The highest BCUT2D eigenvalue weighted by atomic mass is 16.8. The number of allylic oxidation sites excluding steroid dienone is 2. The zero-order chi connectivity index (χ0) is 71.8. The molecule has 0 radical (unpaired) electrons. The molecule has 0 aliphatic carbocycles. The molecule has 0 bridgehead atoms. The molecule has 0 saturated carbocycles. The number of hydrogen-bond donors (Lipinski definition) is 19. The van der Waals surface area contributed by atoms with Crippen LogP contribution in [0.25, 0.3) is 0 Å². The van der Waals surface area contributed by atoms with Gasteiger partial charge in [0.25, 0.3) is 5.91 Å². The summed E-state index contributed by atoms with van der Waals surface area (Å²) in [6, 6.07) is -2.52. The van der Waals surface area contributed by atoms with Gasteiger partial charge in [0.2, 0.25) is 23.6 Å². The smallest absolute Gasteiger partial charge is 0.251 e. The molecule has 1 aromatic rings. The van der Waals surface area contributed by atoms with Crippen molar-refractivity contribution in [1.29, 1.82) is 0 Å². The van der Waals surface area contributed by atoms with Gasteiger partial charge in [-0.3, -0.25) is 24.0 Å². The van der Waals surface area contributed by atoms with Gasteiger partial charge in [-0.2, -0.15) is 0 Å². The van der Waals surface area contributed by atoms with E-state index in [2.05, 4.69) is 45.7 Å². The van der Waals surface area contributed by atoms with Crippen molar-refractivity contribution in [1.82, 2.24) is 26.6 Å². The average molecular weight is 1410 g/mol. The monoisotopic (exact) mass is 1410 g/mol. The first kappa shape index (κ1) is 80.4. The first-order valence-corrected chi connectivity index (χ1v) is 32.8. The van der Waals surface area contributed by atoms with Crippen molar-refractivity contribution in [2.24, 2.45) is 0 Å². The highest BCUT2D eigenvalue weighted by molar-refractivity contribution is 5.94. The maximum atomic E-state index is 13.9. The van der Waals surface area contributed by atoms with Gasteiger partial charge in [-0.15, -0.1) is 0 Å². The predicted octanol–water partition coefficient (Wildman–Crippen LogP) is -7.37. The zero-order valence-corrected chi connectivity index (χ0v) is 55.2. The molecule has 6 aliphatic heterocycles. The van der Waals surface area contributed by atoms with Crippen molar-refractivity contribution in [3.05, 3.63) is 42.0 Å². The van der Waals surface area contributed by atoms with E-state index in [0.29, 0.717) is 18.8 Å². The average Bonchev–Trinajstić information content (AvgIpc) is 0.772. The highest BCUT2D eigenvalue weighted by Gasteiger charge is 2.58. The summed E-state index contributed by atoms with van der Waals surface area (Å²) in [6.45, 7) is 3.29. The largest absolute Gasteiger partial charge is 0.494 e. The molecular weight excluding hydrogens is 1310 g/mol. The Bertz CT molecular complexity index is 2710. The summed E-state index contributed by atoms with van der Waals surface area (Å²) in [5.41, 5.74) is 0.0454. The van der Waals surface area contributed by atoms with E-state index in [9.17, 15) is 95.5 Å². The van der Waals surface area contributed by atoms with Crippen LogP contribution in [0.5, 0.6) is 5.75 Å². The SMILES string of the molecule is CCCCCC/C=C\CCCOc1cccc(C(=O)N[C@@H]2C(O[C@H]3C(O)C(NC(C)=O)C(OC4C(CO)O[C@@H](O[C@H]5C(O)C(NC(C)=O)C(OC6C(CO[C@@H]7OC(C)C(O)[C@H](O)[C@H]7O)OC(O)[C@@H](NC(C)=O)[C@H]6O)O[C@H]5CO)[C@@H](NC(C)=O)[C@H]4O)O[C@H]3CO)OC(CO)[C@@H](O)[C@@H]2O)c1. The molecule has 0 aromatic heterocycles. The van der Waals surface area contributed by atoms with Crippen LogP contribution in [0, 0.1) is 0 Å². The fourth-order valence-electron chi connectivity index (χ4n) is 12.4. The number of unbranched alkanes of at least 4 members (excludes halogenated alkanes) is 5. The summed E-state index contributed by atoms with van der Waals surface area (Å²) in [5.74, 6) is -3.72. The van der Waals surface area contributed by atoms with E-state index < -0.39 is 246 Å². The summed E-state index contributed by atoms with van der Waals surface area (Å²) in [6.07, 6.45) is -33.6. The lowest BCUT2D eigenvalue weighted by molar-refractivity contribution is -0.368. The maximum absolute atomic E-state index is 13.9. The summed E-state index contributed by atoms with van der Waals surface area (Å²) in [5, 5.41) is 168. The summed E-state index contributed by atoms with van der Waals surface area (Å²) in [7, 11) is 0. The number of hydrogen-bond acceptors (Lipinski definition) is 31. The van der Waals surface area contributed by atoms with Crippen LogP contribution in [0.3, 0.4) is 0 Å². The molecule has 15 unspecified atom stereocenters. The second-order valence-electron chi connectivity index (χ2n) is 25.1. The summed E-state index contributed by atoms with van der Waals surface area (Å²) >= 11 is 0. The number of aliphatic hydroxyl groups is 14. The first-order valence-electron chi connectivity index (χ1n) is 32.8. The molecule has 5 amide bonds. The molecular formula is C62H99N5O31. The van der Waals surface area contributed by atoms with Gasteiger partial charge in [0.1, 0.15) is 146 Å². The van der Waals surface area contributed by atoms with Crippen molar-refractivity contribution in [3.8, 4) is 5.75 Å². The van der Waals surface area contributed by atoms with Crippen LogP contribution in [0.2, 0.25) is 0 Å². The summed E-state index contributed by atoms with van der Waals surface area (Å²) in [4.78, 5) is 65.0. The molecule has 1 aromatic carbocycles. The number of rotatable bonds is 31. The van der Waals surface area contributed by atoms with E-state index >= 15 is 0 Å². The van der Waals surface area contributed by atoms with E-state index in [-0.39, 0.29) is 5.56 Å². The van der Waals surface area contributed by atoms with Gasteiger partial charge in [0.05, 0.1) is 45.7 Å². The third-order valence-corrected chi connectivity index (χ3v) is 17.6. The lowest BCUT2D eigenvalue weighted by Crippen LogP contribution is -2.72. The third kappa shape index (κ3) is 20.5. The molecule has 6 fully saturated rings. The fourth-order valence-corrected chi connectivity index (χ4v) is 12.4. The minimum absolute atomic E-state index is 0.0454. The van der Waals surface area contributed by atoms with Gasteiger partial charge in [0, 0.05) is 33.3 Å². The molecule has 6 aliphatic rings. The number of carbonyl (C=O) groups excluding carboxylic acids is 5. The molecule has 558 valence electrons. The van der Waals surface area contributed by atoms with E-state index in [1.54, 1.807) is 12.1 Å². The van der Waals surface area contributed by atoms with Crippen LogP contribution >= 0.6 is 0 Å². The first-order chi connectivity index (χ1) is 46.7. The Balaban J connectivity index is 1.07. The van der Waals surface area contributed by atoms with Crippen molar-refractivity contribution < 1.29 is 152 Å². The lowest BCUT2D eigenvalue weighted by Gasteiger charge is -2.51. The van der Waals surface area contributed by atoms with Crippen molar-refractivity contribution in [3.63, 3.8) is 0 Å². The lowest BCUT2D eigenvalue weighted by atomic mass is 9.93. The second-order valence-corrected chi connectivity index (χ2v) is 25.1. The quantitative estimate of drug-likeness (QED) is 0.0243. The van der Waals surface area contributed by atoms with E-state index in [1.165, 1.54) is 31.9 Å². The molecule has 30 atom stereocenters. The van der Waals surface area contributed by atoms with E-state index in [0.717, 1.165) is 53.4 Å². The molecule has 0 spiro atoms. The molecule has 36 heteroatoms. The number of benzene rings is 1. The van der Waals surface area contributed by atoms with Crippen LogP contribution in [-0.2, 0) is 71.3 Å². The zero-order valence-electron chi connectivity index (χ0n) is 55.2. The Kier molecular flexibility index (Phi) is 31.1. The Morgan fingerprint density at radius 1 is 0.449 bits per heavy atom. The van der Waals surface area contributed by atoms with Crippen molar-refractivity contribution in [2.45, 2.75) is 270 Å². The summed E-state index contributed by atoms with van der Waals surface area (Å²) < 4.78 is 71.9. The predicted molar refractivity (Wildman–Crippen MR) is 328 cm³/mol. The molecule has 6 saturated heterocycles. The van der Waals surface area contributed by atoms with Crippen LogP contribution in [-0.4, -0.2) is 325 Å². The van der Waals surface area contributed by atoms with Crippen LogP contribution < -0.4 is 31.3 Å². The molecule has 19 N–H and O–H groups in total. The fraction of sp³-hybridized carbons (Fsp3) is 0.790.